The third kappa shape index (κ3) is 3.56. The Morgan fingerprint density at radius 3 is 2.82 bits per heavy atom. The Balaban J connectivity index is 1.43. The molecule has 1 atom stereocenters. The van der Waals surface area contributed by atoms with Crippen LogP contribution < -0.4 is 5.32 Å². The predicted molar refractivity (Wildman–Crippen MR) is 80.3 cm³/mol. The van der Waals surface area contributed by atoms with Gasteiger partial charge in [0.25, 0.3) is 0 Å². The van der Waals surface area contributed by atoms with E-state index >= 15 is 0 Å². The molecule has 0 unspecified atom stereocenters. The van der Waals surface area contributed by atoms with E-state index in [2.05, 4.69) is 15.5 Å². The smallest absolute Gasteiger partial charge is 0.229 e. The molecule has 120 valence electrons. The Morgan fingerprint density at radius 2 is 2.18 bits per heavy atom. The first-order valence-electron chi connectivity index (χ1n) is 8.03. The van der Waals surface area contributed by atoms with Crippen LogP contribution in [-0.2, 0) is 6.42 Å². The number of nitrogens with zero attached hydrogens (tertiary/aromatic N) is 2. The van der Waals surface area contributed by atoms with Gasteiger partial charge in [-0.05, 0) is 37.8 Å². The maximum atomic E-state index is 10.0. The zero-order valence-electron chi connectivity index (χ0n) is 12.9. The van der Waals surface area contributed by atoms with Gasteiger partial charge in [0.2, 0.25) is 5.89 Å². The van der Waals surface area contributed by atoms with Crippen molar-refractivity contribution < 1.29 is 14.0 Å². The summed E-state index contributed by atoms with van der Waals surface area (Å²) in [5, 5.41) is 17.4. The Hall–Kier alpha value is -1.66. The summed E-state index contributed by atoms with van der Waals surface area (Å²) in [7, 11) is 0. The summed E-state index contributed by atoms with van der Waals surface area (Å²) in [6.07, 6.45) is 6.00. The molecule has 2 aromatic heterocycles. The minimum atomic E-state index is -0.587. The molecule has 1 aliphatic carbocycles. The number of aliphatic hydroxyl groups is 1. The van der Waals surface area contributed by atoms with E-state index in [1.54, 1.807) is 18.4 Å². The Morgan fingerprint density at radius 1 is 1.36 bits per heavy atom. The quantitative estimate of drug-likeness (QED) is 0.853. The van der Waals surface area contributed by atoms with Crippen LogP contribution >= 0.6 is 0 Å². The van der Waals surface area contributed by atoms with Crippen molar-refractivity contribution in [1.82, 2.24) is 15.5 Å². The maximum Gasteiger partial charge on any atom is 0.229 e. The summed E-state index contributed by atoms with van der Waals surface area (Å²) in [6, 6.07) is 4.01. The van der Waals surface area contributed by atoms with Crippen LogP contribution in [0.2, 0.25) is 0 Å². The molecule has 0 amide bonds. The summed E-state index contributed by atoms with van der Waals surface area (Å²) in [6.45, 7) is 2.54. The summed E-state index contributed by atoms with van der Waals surface area (Å²) >= 11 is 0. The van der Waals surface area contributed by atoms with E-state index in [4.69, 9.17) is 8.94 Å². The minimum absolute atomic E-state index is 0.376. The lowest BCUT2D eigenvalue weighted by Gasteiger charge is -2.27. The van der Waals surface area contributed by atoms with Gasteiger partial charge in [-0.2, -0.15) is 4.98 Å². The topological polar surface area (TPSA) is 84.3 Å². The van der Waals surface area contributed by atoms with Gasteiger partial charge in [-0.3, -0.25) is 0 Å². The SMILES string of the molecule is CCc1noc(C2CCC(NC[C@H](O)c3ccco3)CC2)n1. The fourth-order valence-electron chi connectivity index (χ4n) is 2.98. The van der Waals surface area contributed by atoms with Crippen molar-refractivity contribution in [1.29, 1.82) is 0 Å². The average Bonchev–Trinajstić information content (AvgIpc) is 3.24. The molecule has 2 aromatic rings. The lowest BCUT2D eigenvalue weighted by atomic mass is 9.86. The average molecular weight is 305 g/mol. The van der Waals surface area contributed by atoms with Gasteiger partial charge in [0, 0.05) is 24.9 Å². The zero-order chi connectivity index (χ0) is 15.4. The normalized spacial score (nSPS) is 23.5. The molecule has 6 heteroatoms. The van der Waals surface area contributed by atoms with Crippen LogP contribution in [0.1, 0.15) is 62.1 Å². The standard InChI is InChI=1S/C16H23N3O3/c1-2-15-18-16(22-19-15)11-5-7-12(8-6-11)17-10-13(20)14-4-3-9-21-14/h3-4,9,11-13,17,20H,2,5-8,10H2,1H3/t11?,12?,13-/m0/s1. The molecule has 0 aliphatic heterocycles. The molecular weight excluding hydrogens is 282 g/mol. The van der Waals surface area contributed by atoms with Crippen molar-refractivity contribution in [2.24, 2.45) is 0 Å². The first-order chi connectivity index (χ1) is 10.8. The highest BCUT2D eigenvalue weighted by atomic mass is 16.5. The Labute approximate surface area is 129 Å². The van der Waals surface area contributed by atoms with Gasteiger partial charge in [0.1, 0.15) is 11.9 Å². The number of nitrogens with one attached hydrogen (secondary N) is 1. The molecule has 1 aliphatic rings. The molecule has 2 heterocycles. The van der Waals surface area contributed by atoms with Crippen molar-refractivity contribution in [3.8, 4) is 0 Å². The first kappa shape index (κ1) is 15.2. The molecule has 1 fully saturated rings. The predicted octanol–water partition coefficient (Wildman–Crippen LogP) is 2.57. The van der Waals surface area contributed by atoms with Crippen molar-refractivity contribution >= 4 is 0 Å². The summed E-state index contributed by atoms with van der Waals surface area (Å²) in [5.74, 6) is 2.56. The van der Waals surface area contributed by atoms with E-state index in [1.807, 2.05) is 6.92 Å². The van der Waals surface area contributed by atoms with Crippen LogP contribution in [0.5, 0.6) is 0 Å². The summed E-state index contributed by atoms with van der Waals surface area (Å²) in [4.78, 5) is 4.43. The second-order valence-electron chi connectivity index (χ2n) is 5.89. The highest BCUT2D eigenvalue weighted by Gasteiger charge is 2.26. The lowest BCUT2D eigenvalue weighted by Crippen LogP contribution is -2.35. The highest BCUT2D eigenvalue weighted by Crippen LogP contribution is 2.32. The molecule has 3 rings (SSSR count). The molecule has 1 saturated carbocycles. The second kappa shape index (κ2) is 7.07. The van der Waals surface area contributed by atoms with E-state index < -0.39 is 6.10 Å². The van der Waals surface area contributed by atoms with Crippen LogP contribution in [0.25, 0.3) is 0 Å². The molecule has 0 aromatic carbocycles. The third-order valence-corrected chi connectivity index (χ3v) is 4.35. The largest absolute Gasteiger partial charge is 0.467 e. The number of hydrogen-bond donors (Lipinski definition) is 2. The van der Waals surface area contributed by atoms with Gasteiger partial charge < -0.3 is 19.4 Å². The van der Waals surface area contributed by atoms with E-state index in [1.165, 1.54) is 0 Å². The molecule has 2 N–H and O–H groups in total. The van der Waals surface area contributed by atoms with Gasteiger partial charge in [-0.25, -0.2) is 0 Å². The van der Waals surface area contributed by atoms with Crippen molar-refractivity contribution in [2.45, 2.75) is 57.1 Å². The van der Waals surface area contributed by atoms with Crippen LogP contribution in [0.15, 0.2) is 27.3 Å². The maximum absolute atomic E-state index is 10.0. The molecule has 0 saturated heterocycles. The number of hydrogen-bond acceptors (Lipinski definition) is 6. The number of rotatable bonds is 6. The van der Waals surface area contributed by atoms with Crippen molar-refractivity contribution in [3.05, 3.63) is 35.9 Å². The molecule has 0 spiro atoms. The van der Waals surface area contributed by atoms with Crippen molar-refractivity contribution in [3.63, 3.8) is 0 Å². The minimum Gasteiger partial charge on any atom is -0.467 e. The molecule has 6 nitrogen and oxygen atoms in total. The summed E-state index contributed by atoms with van der Waals surface area (Å²) < 4.78 is 10.5. The lowest BCUT2D eigenvalue weighted by molar-refractivity contribution is 0.139. The number of aliphatic hydroxyl groups excluding tert-OH is 1. The third-order valence-electron chi connectivity index (χ3n) is 4.35. The Kier molecular flexibility index (Phi) is 4.90. The van der Waals surface area contributed by atoms with Gasteiger partial charge in [0.15, 0.2) is 5.82 Å². The first-order valence-corrected chi connectivity index (χ1v) is 8.03. The van der Waals surface area contributed by atoms with Gasteiger partial charge in [0.05, 0.1) is 6.26 Å². The zero-order valence-corrected chi connectivity index (χ0v) is 12.9. The Bertz CT molecular complexity index is 559. The van der Waals surface area contributed by atoms with Crippen LogP contribution in [0.3, 0.4) is 0 Å². The van der Waals surface area contributed by atoms with E-state index in [-0.39, 0.29) is 0 Å². The molecule has 22 heavy (non-hydrogen) atoms. The number of furan rings is 1. The number of aryl methyl sites for hydroxylation is 1. The highest BCUT2D eigenvalue weighted by molar-refractivity contribution is 5.02. The molecule has 0 bridgehead atoms. The molecule has 0 radical (unpaired) electrons. The molecular formula is C16H23N3O3. The van der Waals surface area contributed by atoms with Crippen LogP contribution in [0.4, 0.5) is 0 Å². The summed E-state index contributed by atoms with van der Waals surface area (Å²) in [5.41, 5.74) is 0. The second-order valence-corrected chi connectivity index (χ2v) is 5.89. The van der Waals surface area contributed by atoms with Crippen LogP contribution in [-0.4, -0.2) is 27.8 Å². The monoisotopic (exact) mass is 305 g/mol. The fourth-order valence-corrected chi connectivity index (χ4v) is 2.98. The van der Waals surface area contributed by atoms with E-state index in [9.17, 15) is 5.11 Å². The number of aromatic nitrogens is 2. The van der Waals surface area contributed by atoms with Gasteiger partial charge >= 0.3 is 0 Å². The van der Waals surface area contributed by atoms with Gasteiger partial charge in [-0.1, -0.05) is 12.1 Å². The van der Waals surface area contributed by atoms with Crippen molar-refractivity contribution in [2.75, 3.05) is 6.54 Å². The van der Waals surface area contributed by atoms with E-state index in [0.717, 1.165) is 43.8 Å². The van der Waals surface area contributed by atoms with Crippen LogP contribution in [0, 0.1) is 0 Å². The van der Waals surface area contributed by atoms with E-state index in [0.29, 0.717) is 24.3 Å². The van der Waals surface area contributed by atoms with Gasteiger partial charge in [-0.15, -0.1) is 0 Å². The fraction of sp³-hybridized carbons (Fsp3) is 0.625.